The van der Waals surface area contributed by atoms with E-state index in [0.29, 0.717) is 0 Å². The molecule has 0 N–H and O–H groups in total. The van der Waals surface area contributed by atoms with E-state index in [9.17, 15) is 0 Å². The standard InChI is InChI=1S/C34H48O2P.ClH/c1-6-35-34(36-7-2)26-12-10-8-9-11-19-27-37(31-23-16-13-20-28(31)3,32-24-17-14-21-29(32)4)33-25-18-15-22-30(33)5;/h13-18,20-25,34H,6-12,19,26-27H2,1-5H3;1H/q+1;/p-1. The molecule has 0 heterocycles. The summed E-state index contributed by atoms with van der Waals surface area (Å²) in [6.07, 6.45) is 9.75. The highest BCUT2D eigenvalue weighted by Gasteiger charge is 2.47. The Bertz CT molecular complexity index is 966. The minimum Gasteiger partial charge on any atom is -1.00 e. The summed E-state index contributed by atoms with van der Waals surface area (Å²) < 4.78 is 11.4. The molecule has 0 saturated carbocycles. The van der Waals surface area contributed by atoms with Crippen molar-refractivity contribution in [2.75, 3.05) is 19.4 Å². The second-order valence-electron chi connectivity index (χ2n) is 10.1. The summed E-state index contributed by atoms with van der Waals surface area (Å²) in [5, 5.41) is 4.66. The van der Waals surface area contributed by atoms with Crippen LogP contribution < -0.4 is 28.3 Å². The van der Waals surface area contributed by atoms with Gasteiger partial charge in [0.2, 0.25) is 0 Å². The lowest BCUT2D eigenvalue weighted by molar-refractivity contribution is -0.140. The van der Waals surface area contributed by atoms with E-state index >= 15 is 0 Å². The van der Waals surface area contributed by atoms with Crippen molar-refractivity contribution < 1.29 is 21.9 Å². The minimum absolute atomic E-state index is 0. The summed E-state index contributed by atoms with van der Waals surface area (Å²) in [6, 6.07) is 27.4. The van der Waals surface area contributed by atoms with Gasteiger partial charge in [-0.1, -0.05) is 73.9 Å². The molecule has 0 amide bonds. The Balaban J connectivity index is 0.00000507. The van der Waals surface area contributed by atoms with E-state index in [1.165, 1.54) is 61.4 Å². The first-order valence-electron chi connectivity index (χ1n) is 14.3. The molecule has 208 valence electrons. The van der Waals surface area contributed by atoms with Gasteiger partial charge in [0.25, 0.3) is 0 Å². The largest absolute Gasteiger partial charge is 1.00 e. The molecule has 0 fully saturated rings. The minimum atomic E-state index is -1.79. The average molecular weight is 555 g/mol. The SMILES string of the molecule is CCOC(CCCCCCCC[P+](c1ccccc1C)(c1ccccc1C)c1ccccc1C)OCC.[Cl-]. The Kier molecular flexibility index (Phi) is 14.6. The maximum Gasteiger partial charge on any atom is 0.157 e. The lowest BCUT2D eigenvalue weighted by atomic mass is 10.1. The smallest absolute Gasteiger partial charge is 0.157 e. The van der Waals surface area contributed by atoms with Crippen LogP contribution >= 0.6 is 7.26 Å². The van der Waals surface area contributed by atoms with Gasteiger partial charge in [0.1, 0.15) is 23.2 Å². The van der Waals surface area contributed by atoms with E-state index in [-0.39, 0.29) is 18.7 Å². The average Bonchev–Trinajstić information content (AvgIpc) is 2.90. The van der Waals surface area contributed by atoms with Crippen molar-refractivity contribution in [2.45, 2.75) is 85.9 Å². The first-order chi connectivity index (χ1) is 18.0. The number of ether oxygens (including phenoxy) is 2. The van der Waals surface area contributed by atoms with E-state index in [1.54, 1.807) is 15.9 Å². The van der Waals surface area contributed by atoms with Crippen molar-refractivity contribution in [3.05, 3.63) is 89.5 Å². The molecule has 0 radical (unpaired) electrons. The van der Waals surface area contributed by atoms with E-state index < -0.39 is 7.26 Å². The molecule has 0 aliphatic rings. The number of benzene rings is 3. The fourth-order valence-corrected chi connectivity index (χ4v) is 10.9. The van der Waals surface area contributed by atoms with Gasteiger partial charge in [-0.2, -0.15) is 0 Å². The summed E-state index contributed by atoms with van der Waals surface area (Å²) >= 11 is 0. The van der Waals surface area contributed by atoms with Crippen LogP contribution in [0.2, 0.25) is 0 Å². The summed E-state index contributed by atoms with van der Waals surface area (Å²) in [7, 11) is -1.79. The predicted molar refractivity (Wildman–Crippen MR) is 164 cm³/mol. The number of unbranched alkanes of at least 4 members (excludes halogenated alkanes) is 5. The van der Waals surface area contributed by atoms with Gasteiger partial charge in [0, 0.05) is 13.2 Å². The Labute approximate surface area is 239 Å². The molecule has 0 saturated heterocycles. The van der Waals surface area contributed by atoms with Crippen LogP contribution in [0.3, 0.4) is 0 Å². The number of rotatable bonds is 16. The molecular formula is C34H48ClO2P. The molecule has 2 nitrogen and oxygen atoms in total. The van der Waals surface area contributed by atoms with Crippen LogP contribution in [0.25, 0.3) is 0 Å². The Morgan fingerprint density at radius 1 is 0.553 bits per heavy atom. The first kappa shape index (κ1) is 32.5. The maximum absolute atomic E-state index is 5.70. The summed E-state index contributed by atoms with van der Waals surface area (Å²) in [5.41, 5.74) is 4.25. The topological polar surface area (TPSA) is 18.5 Å². The Hall–Kier alpha value is -1.70. The van der Waals surface area contributed by atoms with E-state index in [4.69, 9.17) is 9.47 Å². The normalized spacial score (nSPS) is 11.5. The van der Waals surface area contributed by atoms with Crippen molar-refractivity contribution in [3.63, 3.8) is 0 Å². The fraction of sp³-hybridized carbons (Fsp3) is 0.471. The number of hydrogen-bond donors (Lipinski definition) is 0. The quantitative estimate of drug-likeness (QED) is 0.140. The number of halogens is 1. The molecule has 3 aromatic carbocycles. The van der Waals surface area contributed by atoms with E-state index in [0.717, 1.165) is 19.6 Å². The zero-order valence-electron chi connectivity index (χ0n) is 24.2. The van der Waals surface area contributed by atoms with Gasteiger partial charge in [0.15, 0.2) is 6.29 Å². The van der Waals surface area contributed by atoms with Crippen LogP contribution in [0.5, 0.6) is 0 Å². The second kappa shape index (κ2) is 17.1. The van der Waals surface area contributed by atoms with E-state index in [2.05, 4.69) is 93.6 Å². The van der Waals surface area contributed by atoms with Gasteiger partial charge in [-0.25, -0.2) is 0 Å². The van der Waals surface area contributed by atoms with Crippen LogP contribution in [0.4, 0.5) is 0 Å². The molecule has 0 aromatic heterocycles. The van der Waals surface area contributed by atoms with Gasteiger partial charge in [-0.15, -0.1) is 0 Å². The molecule has 4 heteroatoms. The van der Waals surface area contributed by atoms with Crippen LogP contribution in [0.15, 0.2) is 72.8 Å². The molecule has 3 aromatic rings. The summed E-state index contributed by atoms with van der Waals surface area (Å²) in [4.78, 5) is 0. The Morgan fingerprint density at radius 2 is 0.921 bits per heavy atom. The molecule has 0 atom stereocenters. The summed E-state index contributed by atoms with van der Waals surface area (Å²) in [6.45, 7) is 12.4. The molecule has 0 aliphatic heterocycles. The lowest BCUT2D eigenvalue weighted by Crippen LogP contribution is -3.00. The van der Waals surface area contributed by atoms with Crippen LogP contribution in [-0.4, -0.2) is 25.7 Å². The number of aryl methyl sites for hydroxylation is 3. The third-order valence-corrected chi connectivity index (χ3v) is 12.4. The van der Waals surface area contributed by atoms with E-state index in [1.807, 2.05) is 13.8 Å². The van der Waals surface area contributed by atoms with Gasteiger partial charge >= 0.3 is 0 Å². The van der Waals surface area contributed by atoms with Crippen molar-refractivity contribution in [3.8, 4) is 0 Å². The van der Waals surface area contributed by atoms with Gasteiger partial charge in [0.05, 0.1) is 6.16 Å². The van der Waals surface area contributed by atoms with Crippen molar-refractivity contribution >= 4 is 23.2 Å². The second-order valence-corrected chi connectivity index (χ2v) is 13.7. The van der Waals surface area contributed by atoms with Crippen LogP contribution in [0, 0.1) is 20.8 Å². The number of hydrogen-bond acceptors (Lipinski definition) is 2. The van der Waals surface area contributed by atoms with Crippen molar-refractivity contribution in [1.82, 2.24) is 0 Å². The van der Waals surface area contributed by atoms with Crippen LogP contribution in [0.1, 0.15) is 75.5 Å². The molecule has 0 spiro atoms. The van der Waals surface area contributed by atoms with Gasteiger partial charge in [-0.3, -0.25) is 0 Å². The summed E-state index contributed by atoms with van der Waals surface area (Å²) in [5.74, 6) is 0. The van der Waals surface area contributed by atoms with Gasteiger partial charge in [-0.05, 0) is 95.2 Å². The third-order valence-electron chi connectivity index (χ3n) is 7.47. The molecule has 3 rings (SSSR count). The molecule has 38 heavy (non-hydrogen) atoms. The van der Waals surface area contributed by atoms with Crippen molar-refractivity contribution in [2.24, 2.45) is 0 Å². The van der Waals surface area contributed by atoms with Crippen molar-refractivity contribution in [1.29, 1.82) is 0 Å². The zero-order chi connectivity index (χ0) is 26.5. The fourth-order valence-electron chi connectivity index (χ4n) is 5.68. The van der Waals surface area contributed by atoms with Gasteiger partial charge < -0.3 is 21.9 Å². The monoisotopic (exact) mass is 554 g/mol. The molecule has 0 bridgehead atoms. The predicted octanol–water partition coefficient (Wildman–Crippen LogP) is 5.04. The Morgan fingerprint density at radius 3 is 1.32 bits per heavy atom. The maximum atomic E-state index is 5.70. The highest BCUT2D eigenvalue weighted by atomic mass is 35.5. The highest BCUT2D eigenvalue weighted by Crippen LogP contribution is 2.58. The molecular weight excluding hydrogens is 507 g/mol. The molecule has 0 aliphatic carbocycles. The highest BCUT2D eigenvalue weighted by molar-refractivity contribution is 7.96. The van der Waals surface area contributed by atoms with Crippen LogP contribution in [-0.2, 0) is 9.47 Å². The zero-order valence-corrected chi connectivity index (χ0v) is 25.9. The first-order valence-corrected chi connectivity index (χ1v) is 16.3. The lowest BCUT2D eigenvalue weighted by Gasteiger charge is -2.31. The third kappa shape index (κ3) is 8.40. The molecule has 0 unspecified atom stereocenters.